The minimum absolute atomic E-state index is 0.307. The van der Waals surface area contributed by atoms with E-state index in [1.807, 2.05) is 89.1 Å². The summed E-state index contributed by atoms with van der Waals surface area (Å²) < 4.78 is 9.82. The predicted octanol–water partition coefficient (Wildman–Crippen LogP) is 4.08. The number of aliphatic imine (C=N–C) groups is 1. The molecule has 0 spiro atoms. The van der Waals surface area contributed by atoms with Crippen molar-refractivity contribution in [3.05, 3.63) is 84.3 Å². The van der Waals surface area contributed by atoms with Gasteiger partial charge in [0.1, 0.15) is 11.5 Å². The molecular weight excluding hydrogens is 390 g/mol. The zero-order valence-corrected chi connectivity index (χ0v) is 16.7. The van der Waals surface area contributed by atoms with Gasteiger partial charge in [0.05, 0.1) is 16.7 Å². The van der Waals surface area contributed by atoms with Crippen molar-refractivity contribution >= 4 is 22.9 Å². The van der Waals surface area contributed by atoms with Crippen molar-refractivity contribution in [1.29, 1.82) is 0 Å². The summed E-state index contributed by atoms with van der Waals surface area (Å²) in [6, 6.07) is 21.8. The number of rotatable bonds is 3. The van der Waals surface area contributed by atoms with Gasteiger partial charge in [-0.3, -0.25) is 9.88 Å². The van der Waals surface area contributed by atoms with Crippen LogP contribution in [0, 0.1) is 6.92 Å². The summed E-state index contributed by atoms with van der Waals surface area (Å²) in [7, 11) is 0. The zero-order valence-electron chi connectivity index (χ0n) is 16.7. The van der Waals surface area contributed by atoms with Gasteiger partial charge in [0, 0.05) is 11.8 Å². The fourth-order valence-electron chi connectivity index (χ4n) is 3.97. The number of fused-ring (bicyclic) bond motifs is 3. The Bertz CT molecular complexity index is 1440. The van der Waals surface area contributed by atoms with Gasteiger partial charge in [0.25, 0.3) is 0 Å². The summed E-state index contributed by atoms with van der Waals surface area (Å²) in [5.41, 5.74) is 10.5. The standard InChI is InChI=1S/C23H19N7O/c1-14-11-12-19(31-14)20-16(13-29(28-20)15-7-3-2-4-8-15)21-26-22(24)27-23-25-17-9-5-6-10-18(17)30(21)23/h2-13,21H,1H3,(H3,24,25,26,27)/t21-/m1/s1. The van der Waals surface area contributed by atoms with E-state index in [-0.39, 0.29) is 0 Å². The lowest BCUT2D eigenvalue weighted by Gasteiger charge is -2.23. The number of furan rings is 1. The van der Waals surface area contributed by atoms with Crippen LogP contribution in [0.25, 0.3) is 28.2 Å². The lowest BCUT2D eigenvalue weighted by atomic mass is 10.1. The average molecular weight is 409 g/mol. The van der Waals surface area contributed by atoms with E-state index in [0.29, 0.717) is 23.4 Å². The van der Waals surface area contributed by atoms with Gasteiger partial charge in [-0.1, -0.05) is 30.3 Å². The third-order valence-corrected chi connectivity index (χ3v) is 5.36. The van der Waals surface area contributed by atoms with Crippen LogP contribution in [0.2, 0.25) is 0 Å². The molecule has 4 heterocycles. The number of aromatic nitrogens is 4. The average Bonchev–Trinajstić information content (AvgIpc) is 3.49. The Morgan fingerprint density at radius 2 is 1.81 bits per heavy atom. The van der Waals surface area contributed by atoms with Gasteiger partial charge >= 0.3 is 0 Å². The van der Waals surface area contributed by atoms with Crippen LogP contribution in [-0.2, 0) is 0 Å². The minimum Gasteiger partial charge on any atom is -0.460 e. The lowest BCUT2D eigenvalue weighted by molar-refractivity contribution is 0.542. The van der Waals surface area contributed by atoms with Crippen molar-refractivity contribution in [2.24, 2.45) is 10.7 Å². The van der Waals surface area contributed by atoms with Crippen LogP contribution in [0.3, 0.4) is 0 Å². The number of anilines is 1. The maximum Gasteiger partial charge on any atom is 0.212 e. The van der Waals surface area contributed by atoms with Crippen LogP contribution >= 0.6 is 0 Å². The Kier molecular flexibility index (Phi) is 3.73. The second-order valence-electron chi connectivity index (χ2n) is 7.43. The SMILES string of the molecule is Cc1ccc(-c2nn(-c3ccccc3)cc2[C@@H]2N=C(N)Nc3nc4ccccc4n32)o1. The molecule has 5 aromatic rings. The molecule has 0 aliphatic carbocycles. The number of benzene rings is 2. The highest BCUT2D eigenvalue weighted by atomic mass is 16.3. The van der Waals surface area contributed by atoms with Gasteiger partial charge in [-0.05, 0) is 43.3 Å². The third-order valence-electron chi connectivity index (χ3n) is 5.36. The predicted molar refractivity (Wildman–Crippen MR) is 119 cm³/mol. The van der Waals surface area contributed by atoms with Gasteiger partial charge in [-0.2, -0.15) is 5.10 Å². The summed E-state index contributed by atoms with van der Waals surface area (Å²) >= 11 is 0. The number of hydrogen-bond donors (Lipinski definition) is 2. The number of imidazole rings is 1. The van der Waals surface area contributed by atoms with Crippen molar-refractivity contribution in [3.63, 3.8) is 0 Å². The van der Waals surface area contributed by atoms with Crippen molar-refractivity contribution in [2.75, 3.05) is 5.32 Å². The van der Waals surface area contributed by atoms with Crippen molar-refractivity contribution < 1.29 is 4.42 Å². The van der Waals surface area contributed by atoms with Crippen molar-refractivity contribution in [3.8, 4) is 17.1 Å². The lowest BCUT2D eigenvalue weighted by Crippen LogP contribution is -2.31. The smallest absolute Gasteiger partial charge is 0.212 e. The molecular formula is C23H19N7O. The Hall–Kier alpha value is -4.33. The summed E-state index contributed by atoms with van der Waals surface area (Å²) in [5.74, 6) is 2.45. The van der Waals surface area contributed by atoms with Gasteiger partial charge in [-0.15, -0.1) is 0 Å². The van der Waals surface area contributed by atoms with E-state index in [2.05, 4.69) is 5.32 Å². The van der Waals surface area contributed by atoms with E-state index >= 15 is 0 Å². The zero-order chi connectivity index (χ0) is 20.9. The Morgan fingerprint density at radius 1 is 1.00 bits per heavy atom. The highest BCUT2D eigenvalue weighted by Gasteiger charge is 2.30. The number of para-hydroxylation sites is 3. The molecule has 0 fully saturated rings. The topological polar surface area (TPSA) is 99.2 Å². The van der Waals surface area contributed by atoms with Gasteiger partial charge in [0.15, 0.2) is 17.9 Å². The molecule has 3 aromatic heterocycles. The summed E-state index contributed by atoms with van der Waals surface area (Å²) in [6.07, 6.45) is 1.54. The van der Waals surface area contributed by atoms with Crippen LogP contribution in [0.5, 0.6) is 0 Å². The molecule has 152 valence electrons. The molecule has 0 bridgehead atoms. The Labute approximate surface area is 177 Å². The van der Waals surface area contributed by atoms with E-state index < -0.39 is 6.17 Å². The van der Waals surface area contributed by atoms with Gasteiger partial charge < -0.3 is 10.2 Å². The molecule has 8 heteroatoms. The Morgan fingerprint density at radius 3 is 2.61 bits per heavy atom. The fourth-order valence-corrected chi connectivity index (χ4v) is 3.97. The number of nitrogens with one attached hydrogen (secondary N) is 1. The molecule has 1 atom stereocenters. The molecule has 8 nitrogen and oxygen atoms in total. The molecule has 0 amide bonds. The van der Waals surface area contributed by atoms with Crippen molar-refractivity contribution in [1.82, 2.24) is 19.3 Å². The molecule has 31 heavy (non-hydrogen) atoms. The molecule has 3 N–H and O–H groups in total. The second kappa shape index (κ2) is 6.60. The maximum absolute atomic E-state index is 6.14. The summed E-state index contributed by atoms with van der Waals surface area (Å²) in [4.78, 5) is 9.42. The van der Waals surface area contributed by atoms with E-state index in [1.54, 1.807) is 0 Å². The summed E-state index contributed by atoms with van der Waals surface area (Å²) in [6.45, 7) is 1.92. The molecule has 6 rings (SSSR count). The van der Waals surface area contributed by atoms with Crippen LogP contribution in [0.15, 0.2) is 82.3 Å². The Balaban J connectivity index is 1.60. The van der Waals surface area contributed by atoms with E-state index in [1.165, 1.54) is 0 Å². The first kappa shape index (κ1) is 17.5. The molecule has 0 radical (unpaired) electrons. The molecule has 2 aromatic carbocycles. The third kappa shape index (κ3) is 2.80. The minimum atomic E-state index is -0.443. The molecule has 0 saturated carbocycles. The number of nitrogens with zero attached hydrogens (tertiary/aromatic N) is 5. The number of nitrogens with two attached hydrogens (primary N) is 1. The molecule has 0 saturated heterocycles. The van der Waals surface area contributed by atoms with Crippen LogP contribution in [-0.4, -0.2) is 25.3 Å². The maximum atomic E-state index is 6.14. The fraction of sp³-hybridized carbons (Fsp3) is 0.0870. The van der Waals surface area contributed by atoms with E-state index in [0.717, 1.165) is 28.0 Å². The van der Waals surface area contributed by atoms with Gasteiger partial charge in [-0.25, -0.2) is 14.7 Å². The number of hydrogen-bond acceptors (Lipinski definition) is 6. The number of aryl methyl sites for hydroxylation is 1. The second-order valence-corrected chi connectivity index (χ2v) is 7.43. The van der Waals surface area contributed by atoms with Crippen LogP contribution in [0.4, 0.5) is 5.95 Å². The largest absolute Gasteiger partial charge is 0.460 e. The summed E-state index contributed by atoms with van der Waals surface area (Å²) in [5, 5.41) is 7.94. The van der Waals surface area contributed by atoms with E-state index in [4.69, 9.17) is 25.2 Å². The first-order valence-electron chi connectivity index (χ1n) is 9.96. The molecule has 0 unspecified atom stereocenters. The molecule has 1 aliphatic rings. The van der Waals surface area contributed by atoms with Gasteiger partial charge in [0.2, 0.25) is 5.95 Å². The quantitative estimate of drug-likeness (QED) is 0.468. The van der Waals surface area contributed by atoms with E-state index in [9.17, 15) is 0 Å². The monoisotopic (exact) mass is 409 g/mol. The van der Waals surface area contributed by atoms with Crippen LogP contribution in [0.1, 0.15) is 17.5 Å². The molecule has 1 aliphatic heterocycles. The normalized spacial score (nSPS) is 15.5. The van der Waals surface area contributed by atoms with Crippen LogP contribution < -0.4 is 11.1 Å². The highest BCUT2D eigenvalue weighted by molar-refractivity contribution is 5.94. The van der Waals surface area contributed by atoms with Crippen molar-refractivity contribution in [2.45, 2.75) is 13.1 Å². The first-order chi connectivity index (χ1) is 15.2. The number of guanidine groups is 1. The highest BCUT2D eigenvalue weighted by Crippen LogP contribution is 2.37. The first-order valence-corrected chi connectivity index (χ1v) is 9.96.